The average molecular weight is 189 g/mol. The van der Waals surface area contributed by atoms with Crippen LogP contribution in [0, 0.1) is 22.5 Å². The van der Waals surface area contributed by atoms with E-state index in [0.29, 0.717) is 5.57 Å². The van der Waals surface area contributed by atoms with Crippen molar-refractivity contribution in [2.24, 2.45) is 0 Å². The van der Waals surface area contributed by atoms with Gasteiger partial charge in [0.2, 0.25) is 5.70 Å². The van der Waals surface area contributed by atoms with Crippen LogP contribution in [0.5, 0.6) is 0 Å². The summed E-state index contributed by atoms with van der Waals surface area (Å²) in [6.07, 6.45) is 10.1. The molecule has 4 heteroatoms. The molecule has 0 aromatic heterocycles. The lowest BCUT2D eigenvalue weighted by atomic mass is 9.97. The molecule has 3 nitrogen and oxygen atoms in total. The third-order valence-electron chi connectivity index (χ3n) is 1.42. The summed E-state index contributed by atoms with van der Waals surface area (Å²) in [5.74, 6) is 2.38. The average Bonchev–Trinajstić information content (AvgIpc) is 2.11. The van der Waals surface area contributed by atoms with Crippen molar-refractivity contribution < 1.29 is 4.92 Å². The third-order valence-corrected chi connectivity index (χ3v) is 1.42. The number of hydrogen-bond donors (Lipinski definition) is 0. The van der Waals surface area contributed by atoms with Crippen LogP contribution in [-0.4, -0.2) is 12.8 Å². The molecule has 0 unspecified atom stereocenters. The number of terminal acetylenes is 1. The minimum atomic E-state index is -0.465. The lowest BCUT2D eigenvalue weighted by Gasteiger charge is -1.90. The summed E-state index contributed by atoms with van der Waals surface area (Å²) in [7, 11) is 1.93. The van der Waals surface area contributed by atoms with E-state index in [2.05, 4.69) is 5.92 Å². The molecule has 0 aromatic carbocycles. The standard InChI is InChI=1S/C10H12BNO2/c1-4-10(6-5-8(2)11)7-9(3)12(13)14/h1,5-7H,11H2,2-3H3/b8-5+,9-7-,10-6+. The van der Waals surface area contributed by atoms with Crippen molar-refractivity contribution in [1.29, 1.82) is 0 Å². The molecular weight excluding hydrogens is 177 g/mol. The number of rotatable bonds is 3. The van der Waals surface area contributed by atoms with Gasteiger partial charge in [0.1, 0.15) is 7.85 Å². The van der Waals surface area contributed by atoms with Gasteiger partial charge in [-0.25, -0.2) is 0 Å². The highest BCUT2D eigenvalue weighted by atomic mass is 16.6. The highest BCUT2D eigenvalue weighted by molar-refractivity contribution is 6.21. The predicted molar refractivity (Wildman–Crippen MR) is 60.0 cm³/mol. The van der Waals surface area contributed by atoms with Gasteiger partial charge in [0.25, 0.3) is 0 Å². The largest absolute Gasteiger partial charge is 0.259 e. The van der Waals surface area contributed by atoms with Crippen molar-refractivity contribution in [3.05, 3.63) is 45.1 Å². The third kappa shape index (κ3) is 4.99. The number of allylic oxidation sites excluding steroid dienone is 6. The molecule has 0 aliphatic carbocycles. The minimum Gasteiger partial charge on any atom is -0.259 e. The Labute approximate surface area is 84.8 Å². The van der Waals surface area contributed by atoms with E-state index in [1.807, 2.05) is 20.8 Å². The highest BCUT2D eigenvalue weighted by Gasteiger charge is 2.01. The van der Waals surface area contributed by atoms with E-state index in [1.165, 1.54) is 13.0 Å². The van der Waals surface area contributed by atoms with E-state index >= 15 is 0 Å². The Hall–Kier alpha value is -1.76. The Bertz CT molecular complexity index is 355. The number of nitrogens with zero attached hydrogens (tertiary/aromatic N) is 1. The summed E-state index contributed by atoms with van der Waals surface area (Å²) >= 11 is 0. The fourth-order valence-electron chi connectivity index (χ4n) is 0.672. The van der Waals surface area contributed by atoms with Crippen LogP contribution in [0.2, 0.25) is 0 Å². The molecule has 0 radical (unpaired) electrons. The maximum atomic E-state index is 10.3. The fourth-order valence-corrected chi connectivity index (χ4v) is 0.672. The molecule has 72 valence electrons. The Morgan fingerprint density at radius 2 is 2.07 bits per heavy atom. The van der Waals surface area contributed by atoms with Gasteiger partial charge in [-0.05, 0) is 6.08 Å². The van der Waals surface area contributed by atoms with Crippen molar-refractivity contribution in [2.45, 2.75) is 13.8 Å². The van der Waals surface area contributed by atoms with Crippen LogP contribution in [0.1, 0.15) is 13.8 Å². The fraction of sp³-hybridized carbons (Fsp3) is 0.200. The molecule has 0 aromatic rings. The number of nitro groups is 1. The smallest absolute Gasteiger partial charge is 0.244 e. The van der Waals surface area contributed by atoms with E-state index in [4.69, 9.17) is 6.42 Å². The summed E-state index contributed by atoms with van der Waals surface area (Å²) in [4.78, 5) is 9.85. The van der Waals surface area contributed by atoms with Gasteiger partial charge in [0.05, 0.1) is 4.92 Å². The molecule has 0 rings (SSSR count). The van der Waals surface area contributed by atoms with Crippen molar-refractivity contribution in [2.75, 3.05) is 0 Å². The zero-order valence-corrected chi connectivity index (χ0v) is 8.57. The van der Waals surface area contributed by atoms with E-state index in [1.54, 1.807) is 6.08 Å². The van der Waals surface area contributed by atoms with E-state index in [0.717, 1.165) is 5.47 Å². The molecule has 0 aliphatic heterocycles. The molecular formula is C10H12BNO2. The first-order chi connectivity index (χ1) is 6.47. The van der Waals surface area contributed by atoms with Crippen LogP contribution >= 0.6 is 0 Å². The van der Waals surface area contributed by atoms with Gasteiger partial charge in [0, 0.05) is 18.6 Å². The highest BCUT2D eigenvalue weighted by Crippen LogP contribution is 2.03. The van der Waals surface area contributed by atoms with Gasteiger partial charge in [-0.15, -0.1) is 11.9 Å². The summed E-state index contributed by atoms with van der Waals surface area (Å²) in [5, 5.41) is 10.3. The van der Waals surface area contributed by atoms with Gasteiger partial charge in [-0.3, -0.25) is 10.1 Å². The lowest BCUT2D eigenvalue weighted by Crippen LogP contribution is -1.93. The molecule has 14 heavy (non-hydrogen) atoms. The Morgan fingerprint density at radius 1 is 1.50 bits per heavy atom. The van der Waals surface area contributed by atoms with Gasteiger partial charge in [0.15, 0.2) is 0 Å². The zero-order chi connectivity index (χ0) is 11.1. The molecule has 0 N–H and O–H groups in total. The Morgan fingerprint density at radius 3 is 2.43 bits per heavy atom. The van der Waals surface area contributed by atoms with E-state index in [-0.39, 0.29) is 5.70 Å². The SMILES string of the molecule is B/C(C)=C/C=C(C#C)/C=C(/C)[N+](=O)[O-]. The van der Waals surface area contributed by atoms with Crippen LogP contribution in [-0.2, 0) is 0 Å². The second kappa shape index (κ2) is 5.82. The van der Waals surface area contributed by atoms with Gasteiger partial charge in [-0.1, -0.05) is 18.9 Å². The zero-order valence-electron chi connectivity index (χ0n) is 8.57. The van der Waals surface area contributed by atoms with E-state index < -0.39 is 4.92 Å². The molecule has 0 atom stereocenters. The van der Waals surface area contributed by atoms with Crippen LogP contribution in [0.3, 0.4) is 0 Å². The first kappa shape index (κ1) is 12.2. The Kier molecular flexibility index (Phi) is 5.09. The van der Waals surface area contributed by atoms with Crippen molar-refractivity contribution in [1.82, 2.24) is 0 Å². The van der Waals surface area contributed by atoms with Gasteiger partial charge in [-0.2, -0.15) is 0 Å². The van der Waals surface area contributed by atoms with Crippen LogP contribution in [0.15, 0.2) is 35.0 Å². The lowest BCUT2D eigenvalue weighted by molar-refractivity contribution is -0.424. The van der Waals surface area contributed by atoms with Crippen molar-refractivity contribution >= 4 is 7.85 Å². The summed E-state index contributed by atoms with van der Waals surface area (Å²) in [6.45, 7) is 3.34. The molecule has 0 bridgehead atoms. The molecule has 0 spiro atoms. The van der Waals surface area contributed by atoms with Gasteiger partial charge >= 0.3 is 0 Å². The van der Waals surface area contributed by atoms with Gasteiger partial charge < -0.3 is 0 Å². The first-order valence-electron chi connectivity index (χ1n) is 4.12. The normalized spacial score (nSPS) is 13.6. The topological polar surface area (TPSA) is 43.1 Å². The minimum absolute atomic E-state index is 0.0383. The predicted octanol–water partition coefficient (Wildman–Crippen LogP) is 1.26. The number of hydrogen-bond acceptors (Lipinski definition) is 2. The maximum absolute atomic E-state index is 10.3. The van der Waals surface area contributed by atoms with E-state index in [9.17, 15) is 10.1 Å². The molecule has 0 amide bonds. The summed E-state index contributed by atoms with van der Waals surface area (Å²) in [6, 6.07) is 0. The first-order valence-corrected chi connectivity index (χ1v) is 4.12. The van der Waals surface area contributed by atoms with Crippen LogP contribution in [0.25, 0.3) is 0 Å². The summed E-state index contributed by atoms with van der Waals surface area (Å²) < 4.78 is 0. The monoisotopic (exact) mass is 189 g/mol. The molecule has 0 saturated heterocycles. The molecule has 0 heterocycles. The molecule has 0 aliphatic rings. The molecule has 0 saturated carbocycles. The quantitative estimate of drug-likeness (QED) is 0.220. The second-order valence-corrected chi connectivity index (χ2v) is 3.05. The summed E-state index contributed by atoms with van der Waals surface area (Å²) in [5.41, 5.74) is 1.63. The Balaban J connectivity index is 4.88. The van der Waals surface area contributed by atoms with Crippen molar-refractivity contribution in [3.63, 3.8) is 0 Å². The second-order valence-electron chi connectivity index (χ2n) is 3.05. The molecule has 0 fully saturated rings. The van der Waals surface area contributed by atoms with Crippen LogP contribution in [0.4, 0.5) is 0 Å². The van der Waals surface area contributed by atoms with Crippen molar-refractivity contribution in [3.8, 4) is 12.3 Å². The maximum Gasteiger partial charge on any atom is 0.244 e. The van der Waals surface area contributed by atoms with Crippen LogP contribution < -0.4 is 0 Å².